The average Bonchev–Trinajstić information content (AvgIpc) is 2.03. The molecule has 0 spiro atoms. The molecule has 0 fully saturated rings. The molecule has 1 rings (SSSR count). The van der Waals surface area contributed by atoms with Crippen molar-refractivity contribution in [3.8, 4) is 5.88 Å². The Labute approximate surface area is 64.2 Å². The number of ether oxygens (including phenoxy) is 1. The molecule has 0 aliphatic carbocycles. The van der Waals surface area contributed by atoms with Crippen molar-refractivity contribution in [1.82, 2.24) is 0 Å². The van der Waals surface area contributed by atoms with Gasteiger partial charge in [-0.25, -0.2) is 0 Å². The molecule has 0 atom stereocenters. The van der Waals surface area contributed by atoms with Gasteiger partial charge < -0.3 is 15.1 Å². The Morgan fingerprint density at radius 3 is 3.00 bits per heavy atom. The van der Waals surface area contributed by atoms with Crippen LogP contribution in [-0.4, -0.2) is 18.3 Å². The molecule has 1 aromatic rings. The van der Waals surface area contributed by atoms with Crippen molar-refractivity contribution < 1.29 is 14.6 Å². The van der Waals surface area contributed by atoms with Gasteiger partial charge in [0.15, 0.2) is 6.20 Å². The van der Waals surface area contributed by atoms with Crippen LogP contribution in [0.1, 0.15) is 0 Å². The van der Waals surface area contributed by atoms with Crippen LogP contribution in [0, 0.1) is 5.21 Å². The zero-order valence-corrected chi connectivity index (χ0v) is 5.93. The first-order valence-electron chi connectivity index (χ1n) is 3.26. The van der Waals surface area contributed by atoms with E-state index in [2.05, 4.69) is 0 Å². The van der Waals surface area contributed by atoms with Gasteiger partial charge in [0.25, 0.3) is 0 Å². The van der Waals surface area contributed by atoms with Crippen LogP contribution in [0.2, 0.25) is 0 Å². The van der Waals surface area contributed by atoms with Crippen LogP contribution >= 0.6 is 0 Å². The fourth-order valence-electron chi connectivity index (χ4n) is 0.675. The zero-order chi connectivity index (χ0) is 8.10. The van der Waals surface area contributed by atoms with Gasteiger partial charge in [-0.1, -0.05) is 0 Å². The van der Waals surface area contributed by atoms with Crippen LogP contribution in [0.25, 0.3) is 0 Å². The molecular formula is C7H9NO3. The number of rotatable bonds is 3. The molecular weight excluding hydrogens is 146 g/mol. The lowest BCUT2D eigenvalue weighted by atomic mass is 10.5. The molecule has 0 bridgehead atoms. The van der Waals surface area contributed by atoms with Crippen molar-refractivity contribution in [3.63, 3.8) is 0 Å². The Morgan fingerprint density at radius 1 is 1.55 bits per heavy atom. The Balaban J connectivity index is 2.62. The predicted octanol–water partition coefficient (Wildman–Crippen LogP) is -0.309. The topological polar surface area (TPSA) is 56.4 Å². The van der Waals surface area contributed by atoms with Crippen LogP contribution in [-0.2, 0) is 0 Å². The van der Waals surface area contributed by atoms with Crippen LogP contribution in [0.15, 0.2) is 24.4 Å². The third-order valence-electron chi connectivity index (χ3n) is 1.13. The summed E-state index contributed by atoms with van der Waals surface area (Å²) < 4.78 is 5.49. The standard InChI is InChI=1S/C7H9NO3/c9-5-6-11-7-3-1-2-4-8(7)10/h1-4,9H,5-6H2. The van der Waals surface area contributed by atoms with E-state index in [-0.39, 0.29) is 19.1 Å². The lowest BCUT2D eigenvalue weighted by Gasteiger charge is -2.03. The second kappa shape index (κ2) is 3.78. The largest absolute Gasteiger partial charge is 0.616 e. The van der Waals surface area contributed by atoms with Crippen LogP contribution in [0.5, 0.6) is 5.88 Å². The summed E-state index contributed by atoms with van der Waals surface area (Å²) in [5.41, 5.74) is 0. The maximum absolute atomic E-state index is 10.8. The molecule has 1 aromatic heterocycles. The molecule has 0 aromatic carbocycles. The molecule has 0 saturated carbocycles. The van der Waals surface area contributed by atoms with Gasteiger partial charge in [-0.3, -0.25) is 0 Å². The molecule has 4 nitrogen and oxygen atoms in total. The minimum Gasteiger partial charge on any atom is -0.616 e. The summed E-state index contributed by atoms with van der Waals surface area (Å²) in [7, 11) is 0. The normalized spacial score (nSPS) is 9.55. The summed E-state index contributed by atoms with van der Waals surface area (Å²) >= 11 is 0. The average molecular weight is 155 g/mol. The highest BCUT2D eigenvalue weighted by molar-refractivity contribution is 5.02. The van der Waals surface area contributed by atoms with Crippen molar-refractivity contribution >= 4 is 0 Å². The number of aromatic nitrogens is 1. The number of aliphatic hydroxyl groups is 1. The van der Waals surface area contributed by atoms with E-state index in [9.17, 15) is 5.21 Å². The van der Waals surface area contributed by atoms with Crippen molar-refractivity contribution in [1.29, 1.82) is 0 Å². The quantitative estimate of drug-likeness (QED) is 0.481. The van der Waals surface area contributed by atoms with Crippen LogP contribution < -0.4 is 9.47 Å². The van der Waals surface area contributed by atoms with E-state index >= 15 is 0 Å². The fourth-order valence-corrected chi connectivity index (χ4v) is 0.675. The van der Waals surface area contributed by atoms with E-state index < -0.39 is 0 Å². The summed E-state index contributed by atoms with van der Waals surface area (Å²) in [6, 6.07) is 4.85. The number of pyridine rings is 1. The third kappa shape index (κ3) is 2.09. The number of aliphatic hydroxyl groups excluding tert-OH is 1. The minimum atomic E-state index is -0.0884. The second-order valence-electron chi connectivity index (χ2n) is 1.94. The molecule has 4 heteroatoms. The summed E-state index contributed by atoms with van der Waals surface area (Å²) in [5, 5.41) is 19.2. The van der Waals surface area contributed by atoms with Crippen molar-refractivity contribution in [2.45, 2.75) is 0 Å². The maximum atomic E-state index is 10.8. The van der Waals surface area contributed by atoms with E-state index in [4.69, 9.17) is 9.84 Å². The second-order valence-corrected chi connectivity index (χ2v) is 1.94. The molecule has 0 amide bonds. The first-order chi connectivity index (χ1) is 5.34. The van der Waals surface area contributed by atoms with E-state index in [0.717, 1.165) is 0 Å². The smallest absolute Gasteiger partial charge is 0.379 e. The summed E-state index contributed by atoms with van der Waals surface area (Å²) in [6.45, 7) is 0.0567. The van der Waals surface area contributed by atoms with E-state index in [1.54, 1.807) is 18.2 Å². The molecule has 60 valence electrons. The molecule has 0 saturated heterocycles. The number of nitrogens with zero attached hydrogens (tertiary/aromatic N) is 1. The zero-order valence-electron chi connectivity index (χ0n) is 5.93. The molecule has 0 aliphatic rings. The molecule has 0 radical (unpaired) electrons. The van der Waals surface area contributed by atoms with Gasteiger partial charge >= 0.3 is 5.88 Å². The van der Waals surface area contributed by atoms with Gasteiger partial charge in [0, 0.05) is 6.07 Å². The third-order valence-corrected chi connectivity index (χ3v) is 1.13. The lowest BCUT2D eigenvalue weighted by molar-refractivity contribution is -0.612. The SMILES string of the molecule is [O-][n+]1ccccc1OCCO. The molecule has 1 N–H and O–H groups in total. The van der Waals surface area contributed by atoms with E-state index in [1.807, 2.05) is 0 Å². The Kier molecular flexibility index (Phi) is 2.68. The predicted molar refractivity (Wildman–Crippen MR) is 38.0 cm³/mol. The van der Waals surface area contributed by atoms with Gasteiger partial charge in [-0.2, -0.15) is 0 Å². The van der Waals surface area contributed by atoms with Gasteiger partial charge in [0.2, 0.25) is 0 Å². The number of hydrogen-bond acceptors (Lipinski definition) is 3. The lowest BCUT2D eigenvalue weighted by Crippen LogP contribution is -2.28. The van der Waals surface area contributed by atoms with Crippen LogP contribution in [0.3, 0.4) is 0 Å². The Hall–Kier alpha value is -1.29. The van der Waals surface area contributed by atoms with Gasteiger partial charge in [0.1, 0.15) is 6.61 Å². The van der Waals surface area contributed by atoms with Gasteiger partial charge in [0.05, 0.1) is 12.7 Å². The van der Waals surface area contributed by atoms with Crippen molar-refractivity contribution in [3.05, 3.63) is 29.6 Å². The fraction of sp³-hybridized carbons (Fsp3) is 0.286. The monoisotopic (exact) mass is 155 g/mol. The first kappa shape index (κ1) is 7.81. The molecule has 1 heterocycles. The van der Waals surface area contributed by atoms with Gasteiger partial charge in [-0.05, 0) is 6.07 Å². The van der Waals surface area contributed by atoms with E-state index in [0.29, 0.717) is 4.73 Å². The highest BCUT2D eigenvalue weighted by Crippen LogP contribution is 1.99. The molecule has 11 heavy (non-hydrogen) atoms. The highest BCUT2D eigenvalue weighted by atomic mass is 16.6. The van der Waals surface area contributed by atoms with Crippen LogP contribution in [0.4, 0.5) is 0 Å². The Bertz CT molecular complexity index is 227. The minimum absolute atomic E-state index is 0.0884. The van der Waals surface area contributed by atoms with Crippen molar-refractivity contribution in [2.75, 3.05) is 13.2 Å². The highest BCUT2D eigenvalue weighted by Gasteiger charge is 2.01. The van der Waals surface area contributed by atoms with E-state index in [1.165, 1.54) is 6.20 Å². The summed E-state index contributed by atoms with van der Waals surface area (Å²) in [5.74, 6) is 0.210. The Morgan fingerprint density at radius 2 is 2.36 bits per heavy atom. The summed E-state index contributed by atoms with van der Waals surface area (Å²) in [4.78, 5) is 0. The van der Waals surface area contributed by atoms with Crippen molar-refractivity contribution in [2.24, 2.45) is 0 Å². The number of hydrogen-bond donors (Lipinski definition) is 1. The first-order valence-corrected chi connectivity index (χ1v) is 3.26. The summed E-state index contributed by atoms with van der Waals surface area (Å²) in [6.07, 6.45) is 1.34. The maximum Gasteiger partial charge on any atom is 0.379 e. The van der Waals surface area contributed by atoms with Gasteiger partial charge in [-0.15, -0.1) is 4.73 Å². The molecule has 0 unspecified atom stereocenters. The molecule has 0 aliphatic heterocycles.